The minimum absolute atomic E-state index is 0.0487. The monoisotopic (exact) mass is 376 g/mol. The second-order valence-electron chi connectivity index (χ2n) is 6.23. The van der Waals surface area contributed by atoms with E-state index in [1.54, 1.807) is 36.4 Å². The van der Waals surface area contributed by atoms with E-state index >= 15 is 0 Å². The highest BCUT2D eigenvalue weighted by Crippen LogP contribution is 2.23. The quantitative estimate of drug-likeness (QED) is 0.860. The largest absolute Gasteiger partial charge is 0.391 e. The van der Waals surface area contributed by atoms with E-state index in [9.17, 15) is 19.1 Å². The summed E-state index contributed by atoms with van der Waals surface area (Å²) in [4.78, 5) is 26.4. The van der Waals surface area contributed by atoms with Crippen LogP contribution in [0.5, 0.6) is 0 Å². The van der Waals surface area contributed by atoms with Crippen molar-refractivity contribution in [2.24, 2.45) is 0 Å². The van der Waals surface area contributed by atoms with Gasteiger partial charge in [-0.05, 0) is 35.9 Å². The molecule has 0 spiro atoms. The Morgan fingerprint density at radius 1 is 1.19 bits per heavy atom. The highest BCUT2D eigenvalue weighted by molar-refractivity contribution is 6.30. The molecule has 2 N–H and O–H groups in total. The fourth-order valence-corrected chi connectivity index (χ4v) is 3.15. The first-order valence-electron chi connectivity index (χ1n) is 8.21. The van der Waals surface area contributed by atoms with Crippen LogP contribution in [0.15, 0.2) is 48.5 Å². The lowest BCUT2D eigenvalue weighted by atomic mass is 10.0. The number of aliphatic hydroxyl groups is 1. The van der Waals surface area contributed by atoms with Gasteiger partial charge in [0.2, 0.25) is 0 Å². The van der Waals surface area contributed by atoms with Gasteiger partial charge in [-0.3, -0.25) is 4.79 Å². The third-order valence-electron chi connectivity index (χ3n) is 4.33. The molecule has 7 heteroatoms. The van der Waals surface area contributed by atoms with Crippen LogP contribution >= 0.6 is 11.6 Å². The molecule has 1 aliphatic rings. The van der Waals surface area contributed by atoms with E-state index < -0.39 is 24.0 Å². The normalized spacial score (nSPS) is 19.4. The van der Waals surface area contributed by atoms with Crippen LogP contribution in [0.2, 0.25) is 5.02 Å². The molecule has 1 aliphatic heterocycles. The molecule has 3 rings (SSSR count). The summed E-state index contributed by atoms with van der Waals surface area (Å²) < 4.78 is 13.8. The van der Waals surface area contributed by atoms with E-state index in [2.05, 4.69) is 5.32 Å². The number of halogens is 2. The summed E-state index contributed by atoms with van der Waals surface area (Å²) in [6, 6.07) is 11.3. The molecule has 0 unspecified atom stereocenters. The topological polar surface area (TPSA) is 69.6 Å². The lowest BCUT2D eigenvalue weighted by Gasteiger charge is -2.24. The third kappa shape index (κ3) is 4.20. The van der Waals surface area contributed by atoms with Crippen LogP contribution in [0.3, 0.4) is 0 Å². The van der Waals surface area contributed by atoms with Crippen LogP contribution in [-0.2, 0) is 11.2 Å². The number of aliphatic hydroxyl groups excluding tert-OH is 1. The summed E-state index contributed by atoms with van der Waals surface area (Å²) in [5.41, 5.74) is 0.804. The van der Waals surface area contributed by atoms with Gasteiger partial charge in [0.15, 0.2) is 5.78 Å². The third-order valence-corrected chi connectivity index (χ3v) is 4.58. The van der Waals surface area contributed by atoms with Crippen LogP contribution in [0.4, 0.5) is 14.9 Å². The predicted molar refractivity (Wildman–Crippen MR) is 96.7 cm³/mol. The van der Waals surface area contributed by atoms with Gasteiger partial charge in [0, 0.05) is 30.1 Å². The molecule has 0 aromatic heterocycles. The molecule has 1 fully saturated rings. The molecule has 2 atom stereocenters. The average Bonchev–Trinajstić information content (AvgIpc) is 3.01. The maximum Gasteiger partial charge on any atom is 0.322 e. The van der Waals surface area contributed by atoms with E-state index in [0.717, 1.165) is 0 Å². The van der Waals surface area contributed by atoms with E-state index in [1.807, 2.05) is 0 Å². The van der Waals surface area contributed by atoms with E-state index in [1.165, 1.54) is 17.0 Å². The minimum Gasteiger partial charge on any atom is -0.391 e. The molecule has 2 amide bonds. The van der Waals surface area contributed by atoms with Gasteiger partial charge in [0.25, 0.3) is 0 Å². The number of hydrogen-bond acceptors (Lipinski definition) is 3. The van der Waals surface area contributed by atoms with Crippen molar-refractivity contribution >= 4 is 29.1 Å². The number of carbonyl (C=O) groups is 2. The number of nitrogens with one attached hydrogen (secondary N) is 1. The molecule has 26 heavy (non-hydrogen) atoms. The maximum absolute atomic E-state index is 13.8. The van der Waals surface area contributed by atoms with Crippen molar-refractivity contribution in [3.63, 3.8) is 0 Å². The first-order chi connectivity index (χ1) is 12.4. The summed E-state index contributed by atoms with van der Waals surface area (Å²) in [7, 11) is 0. The van der Waals surface area contributed by atoms with Crippen molar-refractivity contribution in [3.8, 4) is 0 Å². The lowest BCUT2D eigenvalue weighted by molar-refractivity contribution is -0.122. The fourth-order valence-electron chi connectivity index (χ4n) is 3.02. The summed E-state index contributed by atoms with van der Waals surface area (Å²) in [5, 5.41) is 13.1. The van der Waals surface area contributed by atoms with Gasteiger partial charge in [-0.2, -0.15) is 0 Å². The standard InChI is InChI=1S/C19H18ClFN2O3/c20-13-5-7-14(8-6-13)22-19(26)23-11-15(24)10-17(23)18(25)9-12-3-1-2-4-16(12)21/h1-8,15,17,24H,9-11H2,(H,22,26)/t15-,17-/m1/s1. The Hall–Kier alpha value is -2.44. The Balaban J connectivity index is 1.71. The number of hydrogen-bond donors (Lipinski definition) is 2. The Morgan fingerprint density at radius 3 is 2.58 bits per heavy atom. The number of nitrogens with zero attached hydrogens (tertiary/aromatic N) is 1. The number of urea groups is 1. The molecule has 1 heterocycles. The van der Waals surface area contributed by atoms with Crippen LogP contribution in [0, 0.1) is 5.82 Å². The molecule has 136 valence electrons. The summed E-state index contributed by atoms with van der Waals surface area (Å²) in [6.45, 7) is 0.0487. The molecule has 2 aromatic rings. The van der Waals surface area contributed by atoms with Gasteiger partial charge in [-0.1, -0.05) is 29.8 Å². The van der Waals surface area contributed by atoms with Crippen molar-refractivity contribution in [1.29, 1.82) is 0 Å². The van der Waals surface area contributed by atoms with E-state index in [4.69, 9.17) is 11.6 Å². The number of likely N-dealkylation sites (tertiary alicyclic amines) is 1. The molecule has 0 bridgehead atoms. The summed E-state index contributed by atoms with van der Waals surface area (Å²) >= 11 is 5.82. The van der Waals surface area contributed by atoms with Gasteiger partial charge in [-0.15, -0.1) is 0 Å². The zero-order chi connectivity index (χ0) is 18.7. The highest BCUT2D eigenvalue weighted by atomic mass is 35.5. The van der Waals surface area contributed by atoms with Crippen molar-refractivity contribution < 1.29 is 19.1 Å². The second kappa shape index (κ2) is 7.85. The van der Waals surface area contributed by atoms with Gasteiger partial charge in [0.1, 0.15) is 5.82 Å². The number of anilines is 1. The predicted octanol–water partition coefficient (Wildman–Crippen LogP) is 3.26. The maximum atomic E-state index is 13.8. The number of Topliss-reactive ketones (excluding diaryl/α,β-unsaturated/α-hetero) is 1. The molecule has 2 aromatic carbocycles. The Labute approximate surface area is 155 Å². The first-order valence-corrected chi connectivity index (χ1v) is 8.59. The molecular weight excluding hydrogens is 359 g/mol. The van der Waals surface area contributed by atoms with Crippen molar-refractivity contribution in [2.45, 2.75) is 25.0 Å². The van der Waals surface area contributed by atoms with E-state index in [0.29, 0.717) is 10.7 Å². The van der Waals surface area contributed by atoms with Crippen LogP contribution in [0.25, 0.3) is 0 Å². The second-order valence-corrected chi connectivity index (χ2v) is 6.67. The number of carbonyl (C=O) groups excluding carboxylic acids is 2. The summed E-state index contributed by atoms with van der Waals surface area (Å²) in [5.74, 6) is -0.769. The van der Waals surface area contributed by atoms with Crippen LogP contribution < -0.4 is 5.32 Å². The number of β-amino-alcohol motifs (C(OH)–C–C–N with tert-alkyl or cyclic N) is 1. The van der Waals surface area contributed by atoms with Gasteiger partial charge in [0.05, 0.1) is 12.1 Å². The van der Waals surface area contributed by atoms with Crippen LogP contribution in [-0.4, -0.2) is 40.5 Å². The zero-order valence-corrected chi connectivity index (χ0v) is 14.6. The Kier molecular flexibility index (Phi) is 5.54. The number of benzene rings is 2. The molecular formula is C19H18ClFN2O3. The van der Waals surface area contributed by atoms with Crippen molar-refractivity contribution in [1.82, 2.24) is 4.90 Å². The van der Waals surface area contributed by atoms with Gasteiger partial charge >= 0.3 is 6.03 Å². The van der Waals surface area contributed by atoms with Gasteiger partial charge < -0.3 is 15.3 Å². The van der Waals surface area contributed by atoms with Crippen LogP contribution in [0.1, 0.15) is 12.0 Å². The number of rotatable bonds is 4. The molecule has 0 radical (unpaired) electrons. The van der Waals surface area contributed by atoms with E-state index in [-0.39, 0.29) is 30.7 Å². The Morgan fingerprint density at radius 2 is 1.88 bits per heavy atom. The number of amides is 2. The lowest BCUT2D eigenvalue weighted by Crippen LogP contribution is -2.43. The zero-order valence-electron chi connectivity index (χ0n) is 13.9. The average molecular weight is 377 g/mol. The SMILES string of the molecule is O=C(Cc1ccccc1F)[C@H]1C[C@@H](O)CN1C(=O)Nc1ccc(Cl)cc1. The molecule has 0 aliphatic carbocycles. The fraction of sp³-hybridized carbons (Fsp3) is 0.263. The molecule has 1 saturated heterocycles. The smallest absolute Gasteiger partial charge is 0.322 e. The summed E-state index contributed by atoms with van der Waals surface area (Å²) in [6.07, 6.45) is -0.781. The molecule has 5 nitrogen and oxygen atoms in total. The molecule has 0 saturated carbocycles. The number of ketones is 1. The highest BCUT2D eigenvalue weighted by Gasteiger charge is 2.38. The van der Waals surface area contributed by atoms with Crippen molar-refractivity contribution in [2.75, 3.05) is 11.9 Å². The Bertz CT molecular complexity index is 813. The van der Waals surface area contributed by atoms with Gasteiger partial charge in [-0.25, -0.2) is 9.18 Å². The first kappa shape index (κ1) is 18.4. The van der Waals surface area contributed by atoms with Crippen molar-refractivity contribution in [3.05, 3.63) is 64.9 Å². The minimum atomic E-state index is -0.795.